The number of nitro groups is 1. The summed E-state index contributed by atoms with van der Waals surface area (Å²) in [7, 11) is 0. The number of nitrogens with one attached hydrogen (secondary N) is 3. The maximum Gasteiger partial charge on any atom is 0.276 e. The Bertz CT molecular complexity index is 936. The van der Waals surface area contributed by atoms with Gasteiger partial charge in [0.05, 0.1) is 11.5 Å². The summed E-state index contributed by atoms with van der Waals surface area (Å²) in [5.41, 5.74) is 4.92. The van der Waals surface area contributed by atoms with Gasteiger partial charge in [-0.05, 0) is 55.5 Å². The second-order valence-corrected chi connectivity index (χ2v) is 6.47. The summed E-state index contributed by atoms with van der Waals surface area (Å²) in [4.78, 5) is 34.1. The third-order valence-electron chi connectivity index (χ3n) is 3.78. The summed E-state index contributed by atoms with van der Waals surface area (Å²) in [5, 5.41) is 12.9. The first-order chi connectivity index (χ1) is 15.4. The Morgan fingerprint density at radius 3 is 2.22 bits per heavy atom. The van der Waals surface area contributed by atoms with Gasteiger partial charge < -0.3 is 14.2 Å². The van der Waals surface area contributed by atoms with Gasteiger partial charge in [-0.15, -0.1) is 0 Å². The minimum atomic E-state index is -0.575. The minimum Gasteiger partial charge on any atom is -0.491 e. The van der Waals surface area contributed by atoms with Crippen molar-refractivity contribution in [1.29, 1.82) is 0 Å². The smallest absolute Gasteiger partial charge is 0.276 e. The quantitative estimate of drug-likeness (QED) is 0.208. The van der Waals surface area contributed by atoms with Crippen LogP contribution >= 0.6 is 12.2 Å². The topological polar surface area (TPSA) is 141 Å². The van der Waals surface area contributed by atoms with Gasteiger partial charge in [-0.1, -0.05) is 0 Å². The van der Waals surface area contributed by atoms with Crippen molar-refractivity contribution < 1.29 is 28.7 Å². The molecular weight excluding hydrogens is 440 g/mol. The Balaban J connectivity index is 1.69. The van der Waals surface area contributed by atoms with E-state index in [9.17, 15) is 19.7 Å². The highest BCUT2D eigenvalue weighted by Crippen LogP contribution is 2.17. The van der Waals surface area contributed by atoms with Gasteiger partial charge in [-0.3, -0.25) is 35.9 Å². The molecule has 0 saturated heterocycles. The molecule has 0 unspecified atom stereocenters. The van der Waals surface area contributed by atoms with Crippen molar-refractivity contribution in [3.63, 3.8) is 0 Å². The highest BCUT2D eigenvalue weighted by molar-refractivity contribution is 7.80. The first kappa shape index (κ1) is 24.5. The van der Waals surface area contributed by atoms with Gasteiger partial charge in [0.1, 0.15) is 18.1 Å². The second kappa shape index (κ2) is 12.8. The number of carbonyl (C=O) groups excluding carboxylic acids is 2. The maximum atomic E-state index is 12.2. The van der Waals surface area contributed by atoms with Crippen LogP contribution in [0, 0.1) is 10.1 Å². The molecule has 2 amide bonds. The molecule has 0 aliphatic heterocycles. The zero-order valence-electron chi connectivity index (χ0n) is 17.2. The van der Waals surface area contributed by atoms with E-state index in [1.54, 1.807) is 24.3 Å². The van der Waals surface area contributed by atoms with Crippen LogP contribution in [0.2, 0.25) is 0 Å². The fourth-order valence-corrected chi connectivity index (χ4v) is 2.39. The van der Waals surface area contributed by atoms with Gasteiger partial charge in [0.15, 0.2) is 11.7 Å². The third-order valence-corrected chi connectivity index (χ3v) is 3.98. The molecule has 170 valence electrons. The van der Waals surface area contributed by atoms with Crippen LogP contribution in [0.15, 0.2) is 48.5 Å². The first-order valence-corrected chi connectivity index (χ1v) is 9.88. The molecule has 0 heterocycles. The molecule has 0 spiro atoms. The lowest BCUT2D eigenvalue weighted by Gasteiger charge is -2.12. The van der Waals surface area contributed by atoms with Gasteiger partial charge in [-0.25, -0.2) is 0 Å². The van der Waals surface area contributed by atoms with E-state index < -0.39 is 16.7 Å². The SMILES string of the molecule is CCOCCOc1ccc(C(=O)NC(=S)NNC(=O)COc2ccc([N+](=O)[O-])cc2)cc1. The second-order valence-electron chi connectivity index (χ2n) is 6.07. The average molecular weight is 462 g/mol. The Morgan fingerprint density at radius 1 is 0.969 bits per heavy atom. The summed E-state index contributed by atoms with van der Waals surface area (Å²) in [6.07, 6.45) is 0. The van der Waals surface area contributed by atoms with Crippen molar-refractivity contribution in [1.82, 2.24) is 16.2 Å². The number of ether oxygens (including phenoxy) is 3. The third kappa shape index (κ3) is 8.53. The fraction of sp³-hybridized carbons (Fsp3) is 0.250. The van der Waals surface area contributed by atoms with Gasteiger partial charge >= 0.3 is 0 Å². The molecule has 32 heavy (non-hydrogen) atoms. The largest absolute Gasteiger partial charge is 0.491 e. The maximum absolute atomic E-state index is 12.2. The number of rotatable bonds is 10. The van der Waals surface area contributed by atoms with Gasteiger partial charge in [0.2, 0.25) is 0 Å². The Hall–Kier alpha value is -3.77. The molecule has 0 aliphatic carbocycles. The molecule has 0 radical (unpaired) electrons. The predicted octanol–water partition coefficient (Wildman–Crippen LogP) is 1.72. The van der Waals surface area contributed by atoms with Crippen molar-refractivity contribution in [2.75, 3.05) is 26.4 Å². The van der Waals surface area contributed by atoms with Crippen molar-refractivity contribution >= 4 is 34.8 Å². The molecule has 11 nitrogen and oxygen atoms in total. The molecule has 0 atom stereocenters. The normalized spacial score (nSPS) is 10.0. The van der Waals surface area contributed by atoms with Gasteiger partial charge in [-0.2, -0.15) is 0 Å². The summed E-state index contributed by atoms with van der Waals surface area (Å²) in [6.45, 7) is 3.02. The molecule has 0 saturated carbocycles. The Kier molecular flexibility index (Phi) is 9.81. The summed E-state index contributed by atoms with van der Waals surface area (Å²) in [6, 6.07) is 11.7. The van der Waals surface area contributed by atoms with E-state index in [1.165, 1.54) is 24.3 Å². The van der Waals surface area contributed by atoms with Crippen LogP contribution in [0.1, 0.15) is 17.3 Å². The number of hydrogen-bond donors (Lipinski definition) is 3. The van der Waals surface area contributed by atoms with E-state index in [2.05, 4.69) is 16.2 Å². The lowest BCUT2D eigenvalue weighted by atomic mass is 10.2. The number of non-ortho nitro benzene ring substituents is 1. The number of nitrogens with zero attached hydrogens (tertiary/aromatic N) is 1. The van der Waals surface area contributed by atoms with Gasteiger partial charge in [0.25, 0.3) is 17.5 Å². The highest BCUT2D eigenvalue weighted by atomic mass is 32.1. The van der Waals surface area contributed by atoms with Gasteiger partial charge in [0, 0.05) is 24.3 Å². The summed E-state index contributed by atoms with van der Waals surface area (Å²) < 4.78 is 15.9. The van der Waals surface area contributed by atoms with Crippen LogP contribution in [-0.2, 0) is 9.53 Å². The molecule has 0 aromatic heterocycles. The molecule has 2 aromatic carbocycles. The van der Waals surface area contributed by atoms with E-state index in [1.807, 2.05) is 6.92 Å². The number of hydrazine groups is 1. The fourth-order valence-electron chi connectivity index (χ4n) is 2.25. The number of thiocarbonyl (C=S) groups is 1. The molecule has 0 bridgehead atoms. The number of amides is 2. The van der Waals surface area contributed by atoms with E-state index in [0.717, 1.165) is 0 Å². The summed E-state index contributed by atoms with van der Waals surface area (Å²) in [5.74, 6) is -0.164. The molecule has 0 aliphatic rings. The summed E-state index contributed by atoms with van der Waals surface area (Å²) >= 11 is 4.97. The van der Waals surface area contributed by atoms with E-state index >= 15 is 0 Å². The van der Waals surface area contributed by atoms with Crippen LogP contribution in [0.25, 0.3) is 0 Å². The number of hydrogen-bond acceptors (Lipinski definition) is 8. The molecule has 12 heteroatoms. The number of nitro benzene ring substituents is 1. The molecule has 2 aromatic rings. The highest BCUT2D eigenvalue weighted by Gasteiger charge is 2.10. The lowest BCUT2D eigenvalue weighted by molar-refractivity contribution is -0.384. The molecule has 3 N–H and O–H groups in total. The van der Waals surface area contributed by atoms with Crippen molar-refractivity contribution in [2.45, 2.75) is 6.92 Å². The minimum absolute atomic E-state index is 0.0895. The van der Waals surface area contributed by atoms with E-state index in [0.29, 0.717) is 31.1 Å². The zero-order chi connectivity index (χ0) is 23.3. The van der Waals surface area contributed by atoms with Crippen LogP contribution in [0.5, 0.6) is 11.5 Å². The molecule has 2 rings (SSSR count). The first-order valence-electron chi connectivity index (χ1n) is 9.47. The lowest BCUT2D eigenvalue weighted by Crippen LogP contribution is -2.49. The van der Waals surface area contributed by atoms with Crippen LogP contribution in [0.3, 0.4) is 0 Å². The zero-order valence-corrected chi connectivity index (χ0v) is 18.0. The van der Waals surface area contributed by atoms with Crippen LogP contribution in [-0.4, -0.2) is 48.3 Å². The van der Waals surface area contributed by atoms with E-state index in [-0.39, 0.29) is 23.2 Å². The van der Waals surface area contributed by atoms with Crippen LogP contribution in [0.4, 0.5) is 5.69 Å². The standard InChI is InChI=1S/C20H22N4O7S/c1-2-29-11-12-30-16-7-3-14(4-8-16)19(26)21-20(32)23-22-18(25)13-31-17-9-5-15(6-10-17)24(27)28/h3-10H,2,11-13H2,1H3,(H,22,25)(H2,21,23,26,32). The van der Waals surface area contributed by atoms with Crippen molar-refractivity contribution in [2.24, 2.45) is 0 Å². The van der Waals surface area contributed by atoms with Crippen LogP contribution < -0.4 is 25.6 Å². The van der Waals surface area contributed by atoms with Crippen molar-refractivity contribution in [3.8, 4) is 11.5 Å². The average Bonchev–Trinajstić information content (AvgIpc) is 2.79. The molecular formula is C20H22N4O7S. The van der Waals surface area contributed by atoms with E-state index in [4.69, 9.17) is 26.4 Å². The Morgan fingerprint density at radius 2 is 1.59 bits per heavy atom. The monoisotopic (exact) mass is 462 g/mol. The number of benzene rings is 2. The predicted molar refractivity (Wildman–Crippen MR) is 118 cm³/mol. The Labute approximate surface area is 189 Å². The molecule has 0 fully saturated rings. The van der Waals surface area contributed by atoms with Crippen molar-refractivity contribution in [3.05, 3.63) is 64.2 Å². The number of carbonyl (C=O) groups is 2.